The average molecular weight is 276 g/mol. The molecule has 0 aliphatic heterocycles. The molecule has 1 aromatic rings. The first-order valence-electron chi connectivity index (χ1n) is 7.87. The Morgan fingerprint density at radius 2 is 2.00 bits per heavy atom. The quantitative estimate of drug-likeness (QED) is 0.866. The molecule has 3 nitrogen and oxygen atoms in total. The topological polar surface area (TPSA) is 38.5 Å². The van der Waals surface area contributed by atoms with E-state index < -0.39 is 0 Å². The summed E-state index contributed by atoms with van der Waals surface area (Å²) in [5.74, 6) is 0. The third kappa shape index (κ3) is 3.74. The van der Waals surface area contributed by atoms with E-state index in [0.29, 0.717) is 18.7 Å². The van der Waals surface area contributed by atoms with Gasteiger partial charge in [0.1, 0.15) is 0 Å². The molecule has 1 aromatic carbocycles. The second-order valence-corrected chi connectivity index (χ2v) is 5.74. The van der Waals surface area contributed by atoms with Crippen LogP contribution in [-0.4, -0.2) is 25.8 Å². The highest BCUT2D eigenvalue weighted by Gasteiger charge is 2.26. The van der Waals surface area contributed by atoms with Crippen molar-refractivity contribution in [2.75, 3.05) is 18.6 Å². The first kappa shape index (κ1) is 15.3. The standard InChI is InChI=1S/C17H28N2O/c1-3-11-19(15-9-7-14(13-18)8-10-15)16-5-4-6-17(12-16)20-2/h7-10,16-17H,3-6,11-13,18H2,1-2H3. The number of hydrogen-bond acceptors (Lipinski definition) is 3. The number of nitrogens with two attached hydrogens (primary N) is 1. The van der Waals surface area contributed by atoms with Gasteiger partial charge in [-0.3, -0.25) is 0 Å². The fraction of sp³-hybridized carbons (Fsp3) is 0.647. The first-order chi connectivity index (χ1) is 9.78. The number of rotatable bonds is 6. The van der Waals surface area contributed by atoms with Crippen LogP contribution in [0.4, 0.5) is 5.69 Å². The van der Waals surface area contributed by atoms with E-state index in [1.54, 1.807) is 0 Å². The predicted molar refractivity (Wildman–Crippen MR) is 85.0 cm³/mol. The molecule has 2 rings (SSSR count). The van der Waals surface area contributed by atoms with Gasteiger partial charge in [-0.1, -0.05) is 19.1 Å². The van der Waals surface area contributed by atoms with Crippen LogP contribution in [-0.2, 0) is 11.3 Å². The third-order valence-corrected chi connectivity index (χ3v) is 4.34. The van der Waals surface area contributed by atoms with Gasteiger partial charge in [-0.05, 0) is 49.8 Å². The molecule has 0 spiro atoms. The van der Waals surface area contributed by atoms with Crippen LogP contribution < -0.4 is 10.6 Å². The molecule has 0 heterocycles. The summed E-state index contributed by atoms with van der Waals surface area (Å²) in [6.07, 6.45) is 6.50. The van der Waals surface area contributed by atoms with Crippen molar-refractivity contribution in [2.45, 2.75) is 57.7 Å². The van der Waals surface area contributed by atoms with Crippen LogP contribution >= 0.6 is 0 Å². The largest absolute Gasteiger partial charge is 0.381 e. The lowest BCUT2D eigenvalue weighted by atomic mass is 9.91. The summed E-state index contributed by atoms with van der Waals surface area (Å²) < 4.78 is 5.58. The lowest BCUT2D eigenvalue weighted by Crippen LogP contribution is -2.41. The van der Waals surface area contributed by atoms with Gasteiger partial charge in [0.05, 0.1) is 6.10 Å². The Hall–Kier alpha value is -1.06. The molecule has 2 unspecified atom stereocenters. The zero-order chi connectivity index (χ0) is 14.4. The van der Waals surface area contributed by atoms with Crippen molar-refractivity contribution < 1.29 is 4.74 Å². The summed E-state index contributed by atoms with van der Waals surface area (Å²) in [4.78, 5) is 2.56. The Kier molecular flexibility index (Phi) is 5.86. The molecule has 1 aliphatic carbocycles. The van der Waals surface area contributed by atoms with Gasteiger partial charge in [0.2, 0.25) is 0 Å². The smallest absolute Gasteiger partial charge is 0.0591 e. The van der Waals surface area contributed by atoms with Crippen LogP contribution in [0.2, 0.25) is 0 Å². The highest BCUT2D eigenvalue weighted by molar-refractivity contribution is 5.48. The van der Waals surface area contributed by atoms with Crippen molar-refractivity contribution in [1.29, 1.82) is 0 Å². The molecule has 0 radical (unpaired) electrons. The third-order valence-electron chi connectivity index (χ3n) is 4.34. The summed E-state index contributed by atoms with van der Waals surface area (Å²) in [6, 6.07) is 9.34. The molecule has 0 amide bonds. The van der Waals surface area contributed by atoms with E-state index in [9.17, 15) is 0 Å². The van der Waals surface area contributed by atoms with E-state index >= 15 is 0 Å². The average Bonchev–Trinajstić information content (AvgIpc) is 2.53. The number of anilines is 1. The molecular weight excluding hydrogens is 248 g/mol. The second-order valence-electron chi connectivity index (χ2n) is 5.74. The van der Waals surface area contributed by atoms with Crippen molar-refractivity contribution in [3.63, 3.8) is 0 Å². The maximum atomic E-state index is 5.68. The minimum Gasteiger partial charge on any atom is -0.381 e. The number of nitrogens with zero attached hydrogens (tertiary/aromatic N) is 1. The van der Waals surface area contributed by atoms with Gasteiger partial charge in [-0.15, -0.1) is 0 Å². The molecule has 2 atom stereocenters. The van der Waals surface area contributed by atoms with E-state index in [4.69, 9.17) is 10.5 Å². The molecule has 112 valence electrons. The molecule has 0 aromatic heterocycles. The molecule has 3 heteroatoms. The van der Waals surface area contributed by atoms with Crippen LogP contribution in [0, 0.1) is 0 Å². The Morgan fingerprint density at radius 1 is 1.25 bits per heavy atom. The van der Waals surface area contributed by atoms with Gasteiger partial charge in [-0.25, -0.2) is 0 Å². The van der Waals surface area contributed by atoms with Crippen molar-refractivity contribution in [1.82, 2.24) is 0 Å². The van der Waals surface area contributed by atoms with Crippen LogP contribution in [0.1, 0.15) is 44.6 Å². The van der Waals surface area contributed by atoms with Crippen LogP contribution in [0.15, 0.2) is 24.3 Å². The van der Waals surface area contributed by atoms with E-state index in [1.165, 1.54) is 36.9 Å². The summed E-state index contributed by atoms with van der Waals surface area (Å²) in [5, 5.41) is 0. The minimum atomic E-state index is 0.427. The van der Waals surface area contributed by atoms with Crippen molar-refractivity contribution in [2.24, 2.45) is 5.73 Å². The van der Waals surface area contributed by atoms with Crippen molar-refractivity contribution in [3.8, 4) is 0 Å². The van der Waals surface area contributed by atoms with Gasteiger partial charge in [0.15, 0.2) is 0 Å². The fourth-order valence-electron chi connectivity index (χ4n) is 3.20. The maximum absolute atomic E-state index is 5.68. The SMILES string of the molecule is CCCN(c1ccc(CN)cc1)C1CCCC(OC)C1. The van der Waals surface area contributed by atoms with Gasteiger partial charge in [-0.2, -0.15) is 0 Å². The lowest BCUT2D eigenvalue weighted by molar-refractivity contribution is 0.0631. The number of hydrogen-bond donors (Lipinski definition) is 1. The molecule has 20 heavy (non-hydrogen) atoms. The normalized spacial score (nSPS) is 22.8. The number of methoxy groups -OCH3 is 1. The first-order valence-corrected chi connectivity index (χ1v) is 7.87. The molecule has 1 saturated carbocycles. The van der Waals surface area contributed by atoms with E-state index in [1.807, 2.05) is 7.11 Å². The van der Waals surface area contributed by atoms with Crippen LogP contribution in [0.5, 0.6) is 0 Å². The number of ether oxygens (including phenoxy) is 1. The van der Waals surface area contributed by atoms with Crippen molar-refractivity contribution >= 4 is 5.69 Å². The van der Waals surface area contributed by atoms with Gasteiger partial charge < -0.3 is 15.4 Å². The predicted octanol–water partition coefficient (Wildman–Crippen LogP) is 3.32. The van der Waals surface area contributed by atoms with E-state index in [-0.39, 0.29) is 0 Å². The summed E-state index contributed by atoms with van der Waals surface area (Å²) in [5.41, 5.74) is 8.21. The van der Waals surface area contributed by atoms with E-state index in [2.05, 4.69) is 36.1 Å². The minimum absolute atomic E-state index is 0.427. The molecule has 0 saturated heterocycles. The summed E-state index contributed by atoms with van der Waals surface area (Å²) >= 11 is 0. The van der Waals surface area contributed by atoms with Gasteiger partial charge in [0, 0.05) is 31.9 Å². The summed E-state index contributed by atoms with van der Waals surface area (Å²) in [6.45, 7) is 3.98. The second kappa shape index (κ2) is 7.65. The fourth-order valence-corrected chi connectivity index (χ4v) is 3.20. The molecule has 1 fully saturated rings. The molecule has 2 N–H and O–H groups in total. The van der Waals surface area contributed by atoms with Gasteiger partial charge in [0.25, 0.3) is 0 Å². The maximum Gasteiger partial charge on any atom is 0.0591 e. The Morgan fingerprint density at radius 3 is 2.60 bits per heavy atom. The Bertz CT molecular complexity index is 390. The Labute approximate surface area is 123 Å². The molecule has 0 bridgehead atoms. The zero-order valence-electron chi connectivity index (χ0n) is 12.8. The van der Waals surface area contributed by atoms with Gasteiger partial charge >= 0.3 is 0 Å². The number of benzene rings is 1. The highest BCUT2D eigenvalue weighted by Crippen LogP contribution is 2.29. The zero-order valence-corrected chi connectivity index (χ0v) is 12.8. The monoisotopic (exact) mass is 276 g/mol. The van der Waals surface area contributed by atoms with Crippen LogP contribution in [0.3, 0.4) is 0 Å². The molecule has 1 aliphatic rings. The highest BCUT2D eigenvalue weighted by atomic mass is 16.5. The van der Waals surface area contributed by atoms with E-state index in [0.717, 1.165) is 13.0 Å². The lowest BCUT2D eigenvalue weighted by Gasteiger charge is -2.38. The van der Waals surface area contributed by atoms with Crippen molar-refractivity contribution in [3.05, 3.63) is 29.8 Å². The van der Waals surface area contributed by atoms with Crippen LogP contribution in [0.25, 0.3) is 0 Å². The molecular formula is C17H28N2O. The Balaban J connectivity index is 2.12. The summed E-state index contributed by atoms with van der Waals surface area (Å²) in [7, 11) is 1.84.